The van der Waals surface area contributed by atoms with Crippen molar-refractivity contribution in [2.75, 3.05) is 0 Å². The SMILES string of the molecule is [CH3][Ge][CH](C)C(=O)O. The van der Waals surface area contributed by atoms with Gasteiger partial charge in [0.15, 0.2) is 0 Å². The predicted octanol–water partition coefficient (Wildman–Crippen LogP) is 0.632. The molecule has 1 N–H and O–H groups in total. The first-order valence-corrected chi connectivity index (χ1v) is 5.39. The fraction of sp³-hybridized carbons (Fsp3) is 0.750. The second-order valence-electron chi connectivity index (χ2n) is 1.35. The van der Waals surface area contributed by atoms with E-state index in [2.05, 4.69) is 0 Å². The minimum absolute atomic E-state index is 0.0556. The van der Waals surface area contributed by atoms with Crippen LogP contribution in [0, 0.1) is 0 Å². The van der Waals surface area contributed by atoms with Crippen molar-refractivity contribution in [1.29, 1.82) is 0 Å². The van der Waals surface area contributed by atoms with Crippen molar-refractivity contribution in [2.24, 2.45) is 0 Å². The van der Waals surface area contributed by atoms with Gasteiger partial charge in [0.05, 0.1) is 0 Å². The molecule has 2 nitrogen and oxygen atoms in total. The van der Waals surface area contributed by atoms with Gasteiger partial charge >= 0.3 is 48.7 Å². The number of aliphatic carboxylic acids is 1. The predicted molar refractivity (Wildman–Crippen MR) is 28.7 cm³/mol. The summed E-state index contributed by atoms with van der Waals surface area (Å²) >= 11 is -0.206. The summed E-state index contributed by atoms with van der Waals surface area (Å²) in [5.41, 5.74) is 0. The summed E-state index contributed by atoms with van der Waals surface area (Å²) in [5.74, 6) is 1.33. The molecule has 1 unspecified atom stereocenters. The molecule has 2 radical (unpaired) electrons. The van der Waals surface area contributed by atoms with Crippen LogP contribution in [-0.2, 0) is 4.79 Å². The average Bonchev–Trinajstić information content (AvgIpc) is 1.65. The van der Waals surface area contributed by atoms with E-state index in [1.807, 2.05) is 5.76 Å². The molecule has 0 rings (SSSR count). The Morgan fingerprint density at radius 1 is 1.86 bits per heavy atom. The number of hydrogen-bond acceptors (Lipinski definition) is 1. The summed E-state index contributed by atoms with van der Waals surface area (Å²) < 4.78 is -0.0556. The first-order valence-electron chi connectivity index (χ1n) is 2.08. The van der Waals surface area contributed by atoms with Gasteiger partial charge in [-0.2, -0.15) is 0 Å². The molecular weight excluding hydrogens is 153 g/mol. The number of carbonyl (C=O) groups is 1. The van der Waals surface area contributed by atoms with E-state index in [0.717, 1.165) is 0 Å². The van der Waals surface area contributed by atoms with E-state index in [1.165, 1.54) is 0 Å². The van der Waals surface area contributed by atoms with Crippen LogP contribution in [0.3, 0.4) is 0 Å². The molecule has 0 aliphatic heterocycles. The van der Waals surface area contributed by atoms with E-state index >= 15 is 0 Å². The molecular formula is C4H8GeO2. The van der Waals surface area contributed by atoms with E-state index < -0.39 is 5.97 Å². The molecule has 0 saturated carbocycles. The topological polar surface area (TPSA) is 37.3 Å². The molecule has 0 aliphatic rings. The Labute approximate surface area is 49.4 Å². The van der Waals surface area contributed by atoms with E-state index in [1.54, 1.807) is 6.92 Å². The number of carboxylic acids is 1. The first-order chi connectivity index (χ1) is 3.18. The maximum atomic E-state index is 9.96. The zero-order valence-corrected chi connectivity index (χ0v) is 6.53. The molecule has 0 aliphatic carbocycles. The van der Waals surface area contributed by atoms with Crippen LogP contribution in [0.25, 0.3) is 0 Å². The third-order valence-electron chi connectivity index (χ3n) is 0.803. The average molecular weight is 161 g/mol. The second kappa shape index (κ2) is 3.07. The van der Waals surface area contributed by atoms with Gasteiger partial charge < -0.3 is 0 Å². The summed E-state index contributed by atoms with van der Waals surface area (Å²) in [4.78, 5) is 9.96. The maximum absolute atomic E-state index is 9.96. The van der Waals surface area contributed by atoms with Gasteiger partial charge in [-0.1, -0.05) is 0 Å². The van der Waals surface area contributed by atoms with Crippen LogP contribution in [-0.4, -0.2) is 26.5 Å². The molecule has 0 amide bonds. The van der Waals surface area contributed by atoms with Crippen molar-refractivity contribution < 1.29 is 9.90 Å². The van der Waals surface area contributed by atoms with Gasteiger partial charge in [0, 0.05) is 0 Å². The fourth-order valence-corrected chi connectivity index (χ4v) is 0.642. The van der Waals surface area contributed by atoms with Gasteiger partial charge in [-0.25, -0.2) is 0 Å². The van der Waals surface area contributed by atoms with Crippen molar-refractivity contribution in [3.8, 4) is 0 Å². The van der Waals surface area contributed by atoms with Crippen LogP contribution in [0.5, 0.6) is 0 Å². The van der Waals surface area contributed by atoms with Gasteiger partial charge in [0.1, 0.15) is 0 Å². The van der Waals surface area contributed by atoms with E-state index in [0.29, 0.717) is 0 Å². The van der Waals surface area contributed by atoms with E-state index in [4.69, 9.17) is 5.11 Å². The normalized spacial score (nSPS) is 13.4. The number of carboxylic acid groups (broad SMARTS) is 1. The Bertz CT molecular complexity index is 72.1. The van der Waals surface area contributed by atoms with Gasteiger partial charge in [0.2, 0.25) is 0 Å². The van der Waals surface area contributed by atoms with Crippen molar-refractivity contribution in [3.05, 3.63) is 0 Å². The van der Waals surface area contributed by atoms with Gasteiger partial charge in [-0.15, -0.1) is 0 Å². The minimum atomic E-state index is -0.650. The Morgan fingerprint density at radius 2 is 2.29 bits per heavy atom. The monoisotopic (exact) mass is 162 g/mol. The molecule has 0 aromatic heterocycles. The molecule has 0 spiro atoms. The standard InChI is InChI=1S/C4H8GeO2/c1-3(5-2)4(6)7/h3H,1-2H3,(H,6,7). The Hall–Kier alpha value is 0.0129. The zero-order valence-electron chi connectivity index (χ0n) is 4.43. The molecule has 1 atom stereocenters. The van der Waals surface area contributed by atoms with Crippen LogP contribution in [0.1, 0.15) is 6.92 Å². The molecule has 0 saturated heterocycles. The molecule has 40 valence electrons. The second-order valence-corrected chi connectivity index (χ2v) is 4.38. The third kappa shape index (κ3) is 2.68. The summed E-state index contributed by atoms with van der Waals surface area (Å²) in [6.07, 6.45) is 0. The fourth-order valence-electron chi connectivity index (χ4n) is 0.123. The molecule has 0 aromatic carbocycles. The third-order valence-corrected chi connectivity index (χ3v) is 3.14. The summed E-state index contributed by atoms with van der Waals surface area (Å²) in [6.45, 7) is 1.75. The van der Waals surface area contributed by atoms with Gasteiger partial charge in [0.25, 0.3) is 0 Å². The Balaban J connectivity index is 3.34. The van der Waals surface area contributed by atoms with Crippen LogP contribution < -0.4 is 0 Å². The van der Waals surface area contributed by atoms with E-state index in [-0.39, 0.29) is 20.2 Å². The molecule has 0 bridgehead atoms. The van der Waals surface area contributed by atoms with Crippen molar-refractivity contribution in [2.45, 2.75) is 17.4 Å². The van der Waals surface area contributed by atoms with Gasteiger partial charge in [-0.3, -0.25) is 0 Å². The Kier molecular flexibility index (Phi) is 3.08. The van der Waals surface area contributed by atoms with Crippen LogP contribution in [0.2, 0.25) is 10.5 Å². The van der Waals surface area contributed by atoms with Crippen LogP contribution >= 0.6 is 0 Å². The van der Waals surface area contributed by atoms with E-state index in [9.17, 15) is 4.79 Å². The van der Waals surface area contributed by atoms with Crippen LogP contribution in [0.15, 0.2) is 0 Å². The van der Waals surface area contributed by atoms with Crippen molar-refractivity contribution in [3.63, 3.8) is 0 Å². The van der Waals surface area contributed by atoms with Crippen molar-refractivity contribution in [1.82, 2.24) is 0 Å². The molecule has 0 aromatic rings. The zero-order chi connectivity index (χ0) is 5.86. The number of hydrogen-bond donors (Lipinski definition) is 1. The van der Waals surface area contributed by atoms with Crippen molar-refractivity contribution >= 4 is 21.4 Å². The molecule has 3 heteroatoms. The number of rotatable bonds is 2. The van der Waals surface area contributed by atoms with Gasteiger partial charge in [-0.05, 0) is 0 Å². The Morgan fingerprint density at radius 3 is 2.29 bits per heavy atom. The summed E-state index contributed by atoms with van der Waals surface area (Å²) in [6, 6.07) is 0. The molecule has 0 heterocycles. The summed E-state index contributed by atoms with van der Waals surface area (Å²) in [5, 5.41) is 8.21. The molecule has 0 fully saturated rings. The summed E-state index contributed by atoms with van der Waals surface area (Å²) in [7, 11) is 0. The van der Waals surface area contributed by atoms with Crippen LogP contribution in [0.4, 0.5) is 0 Å². The quantitative estimate of drug-likeness (QED) is 0.602. The first kappa shape index (κ1) is 7.01. The molecule has 7 heavy (non-hydrogen) atoms.